The van der Waals surface area contributed by atoms with Crippen LogP contribution in [0.5, 0.6) is 0 Å². The number of thiazole rings is 1. The Labute approximate surface area is 170 Å². The molecule has 2 aromatic rings. The Morgan fingerprint density at radius 2 is 2.07 bits per heavy atom. The number of allylic oxidation sites excluding steroid dienone is 3. The van der Waals surface area contributed by atoms with E-state index in [1.54, 1.807) is 35.3 Å². The van der Waals surface area contributed by atoms with Crippen molar-refractivity contribution in [1.82, 2.24) is 10.3 Å². The third-order valence-electron chi connectivity index (χ3n) is 4.01. The number of rotatable bonds is 10. The van der Waals surface area contributed by atoms with Crippen LogP contribution in [0.2, 0.25) is 0 Å². The monoisotopic (exact) mass is 398 g/mol. The zero-order valence-electron chi connectivity index (χ0n) is 15.9. The van der Waals surface area contributed by atoms with E-state index < -0.39 is 0 Å². The van der Waals surface area contributed by atoms with E-state index >= 15 is 0 Å². The average molecular weight is 399 g/mol. The van der Waals surface area contributed by atoms with E-state index in [-0.39, 0.29) is 11.2 Å². The van der Waals surface area contributed by atoms with E-state index in [1.807, 2.05) is 13.0 Å². The highest BCUT2D eigenvalue weighted by Crippen LogP contribution is 2.26. The Kier molecular flexibility index (Phi) is 8.55. The van der Waals surface area contributed by atoms with Crippen LogP contribution in [0.3, 0.4) is 0 Å². The van der Waals surface area contributed by atoms with Gasteiger partial charge in [0.15, 0.2) is 0 Å². The molecule has 0 bridgehead atoms. The lowest BCUT2D eigenvalue weighted by Crippen LogP contribution is -2.31. The maximum absolute atomic E-state index is 12.2. The molecule has 2 rings (SSSR count). The van der Waals surface area contributed by atoms with Crippen molar-refractivity contribution >= 4 is 29.0 Å². The van der Waals surface area contributed by atoms with Crippen LogP contribution in [0, 0.1) is 6.92 Å². The summed E-state index contributed by atoms with van der Waals surface area (Å²) in [5.41, 5.74) is 4.46. The number of carbonyl (C=O) groups excluding carboxylic acids is 1. The lowest BCUT2D eigenvalue weighted by molar-refractivity contribution is -0.120. The molecular weight excluding hydrogens is 372 g/mol. The summed E-state index contributed by atoms with van der Waals surface area (Å²) in [6.45, 7) is 12.1. The standard InChI is InChI=1S/C22H26N2OS2/c1-5-7-18(6-2)12-13-23-21(25)17(4)26-14-20-15-27-22(24-20)19-10-8-16(3)9-11-19/h5-11,15,17H,1-2,12-14H2,3-4H3,(H,23,25)/b18-7+. The van der Waals surface area contributed by atoms with Crippen molar-refractivity contribution in [1.29, 1.82) is 0 Å². The summed E-state index contributed by atoms with van der Waals surface area (Å²) in [6, 6.07) is 8.39. The summed E-state index contributed by atoms with van der Waals surface area (Å²) in [4.78, 5) is 16.9. The average Bonchev–Trinajstić information content (AvgIpc) is 3.14. The summed E-state index contributed by atoms with van der Waals surface area (Å²) in [5.74, 6) is 0.779. The van der Waals surface area contributed by atoms with E-state index in [1.165, 1.54) is 5.56 Å². The fourth-order valence-corrected chi connectivity index (χ4v) is 4.10. The fourth-order valence-electron chi connectivity index (χ4n) is 2.37. The molecule has 1 heterocycles. The number of amides is 1. The first kappa shape index (κ1) is 21.2. The van der Waals surface area contributed by atoms with Gasteiger partial charge in [-0.15, -0.1) is 23.1 Å². The molecule has 3 nitrogen and oxygen atoms in total. The van der Waals surface area contributed by atoms with Gasteiger partial charge in [0, 0.05) is 23.2 Å². The van der Waals surface area contributed by atoms with Gasteiger partial charge in [-0.05, 0) is 25.8 Å². The smallest absolute Gasteiger partial charge is 0.232 e. The van der Waals surface area contributed by atoms with E-state index in [9.17, 15) is 4.79 Å². The van der Waals surface area contributed by atoms with Gasteiger partial charge in [-0.2, -0.15) is 0 Å². The molecule has 0 radical (unpaired) electrons. The van der Waals surface area contributed by atoms with Gasteiger partial charge >= 0.3 is 0 Å². The number of aryl methyl sites for hydroxylation is 1. The lowest BCUT2D eigenvalue weighted by Gasteiger charge is -2.11. The van der Waals surface area contributed by atoms with Gasteiger partial charge < -0.3 is 5.32 Å². The van der Waals surface area contributed by atoms with E-state index in [2.05, 4.69) is 55.0 Å². The summed E-state index contributed by atoms with van der Waals surface area (Å²) in [5, 5.41) is 5.95. The second kappa shape index (κ2) is 10.9. The van der Waals surface area contributed by atoms with Crippen molar-refractivity contribution in [2.24, 2.45) is 0 Å². The minimum absolute atomic E-state index is 0.0519. The van der Waals surface area contributed by atoms with E-state index in [4.69, 9.17) is 4.98 Å². The molecule has 1 aromatic carbocycles. The van der Waals surface area contributed by atoms with Gasteiger partial charge in [0.05, 0.1) is 10.9 Å². The third-order valence-corrected chi connectivity index (χ3v) is 6.12. The summed E-state index contributed by atoms with van der Waals surface area (Å²) in [6.07, 6.45) is 6.19. The van der Waals surface area contributed by atoms with Crippen LogP contribution in [-0.4, -0.2) is 22.7 Å². The van der Waals surface area contributed by atoms with Crippen molar-refractivity contribution in [3.63, 3.8) is 0 Å². The molecule has 5 heteroatoms. The van der Waals surface area contributed by atoms with Crippen molar-refractivity contribution in [2.75, 3.05) is 6.54 Å². The van der Waals surface area contributed by atoms with Crippen molar-refractivity contribution in [3.8, 4) is 10.6 Å². The second-order valence-corrected chi connectivity index (χ2v) is 8.37. The van der Waals surface area contributed by atoms with Crippen LogP contribution in [0.25, 0.3) is 10.6 Å². The number of aromatic nitrogens is 1. The predicted octanol–water partition coefficient (Wildman–Crippen LogP) is 5.54. The Hall–Kier alpha value is -2.11. The molecule has 0 spiro atoms. The largest absolute Gasteiger partial charge is 0.355 e. The van der Waals surface area contributed by atoms with Crippen LogP contribution in [0.1, 0.15) is 24.6 Å². The van der Waals surface area contributed by atoms with E-state index in [0.29, 0.717) is 6.54 Å². The molecule has 1 N–H and O–H groups in total. The Bertz CT molecular complexity index is 806. The molecule has 0 aliphatic heterocycles. The minimum atomic E-state index is -0.120. The van der Waals surface area contributed by atoms with Gasteiger partial charge in [0.1, 0.15) is 5.01 Å². The first-order valence-corrected chi connectivity index (χ1v) is 10.8. The fraction of sp³-hybridized carbons (Fsp3) is 0.273. The normalized spacial score (nSPS) is 12.4. The number of nitrogens with one attached hydrogen (secondary N) is 1. The number of thioether (sulfide) groups is 1. The number of nitrogens with zero attached hydrogens (tertiary/aromatic N) is 1. The van der Waals surface area contributed by atoms with Gasteiger partial charge in [0.2, 0.25) is 5.91 Å². The van der Waals surface area contributed by atoms with Crippen LogP contribution in [-0.2, 0) is 10.5 Å². The highest BCUT2D eigenvalue weighted by molar-refractivity contribution is 7.99. The lowest BCUT2D eigenvalue weighted by atomic mass is 10.1. The zero-order valence-corrected chi connectivity index (χ0v) is 17.5. The van der Waals surface area contributed by atoms with Crippen LogP contribution in [0.15, 0.2) is 66.6 Å². The van der Waals surface area contributed by atoms with Gasteiger partial charge in [-0.3, -0.25) is 4.79 Å². The zero-order chi connectivity index (χ0) is 19.6. The molecule has 0 saturated heterocycles. The highest BCUT2D eigenvalue weighted by atomic mass is 32.2. The van der Waals surface area contributed by atoms with Crippen molar-refractivity contribution < 1.29 is 4.79 Å². The molecule has 1 aromatic heterocycles. The molecule has 0 fully saturated rings. The minimum Gasteiger partial charge on any atom is -0.355 e. The van der Waals surface area contributed by atoms with Crippen LogP contribution < -0.4 is 5.32 Å². The van der Waals surface area contributed by atoms with E-state index in [0.717, 1.165) is 34.0 Å². The maximum Gasteiger partial charge on any atom is 0.232 e. The van der Waals surface area contributed by atoms with Crippen LogP contribution >= 0.6 is 23.1 Å². The molecule has 0 aliphatic rings. The predicted molar refractivity (Wildman–Crippen MR) is 119 cm³/mol. The van der Waals surface area contributed by atoms with Gasteiger partial charge in [-0.1, -0.05) is 61.2 Å². The third kappa shape index (κ3) is 6.85. The molecule has 142 valence electrons. The highest BCUT2D eigenvalue weighted by Gasteiger charge is 2.14. The molecule has 1 amide bonds. The maximum atomic E-state index is 12.2. The summed E-state index contributed by atoms with van der Waals surface area (Å²) >= 11 is 3.25. The van der Waals surface area contributed by atoms with Crippen molar-refractivity contribution in [2.45, 2.75) is 31.3 Å². The molecule has 0 saturated carbocycles. The molecule has 27 heavy (non-hydrogen) atoms. The molecule has 1 unspecified atom stereocenters. The topological polar surface area (TPSA) is 42.0 Å². The first-order chi connectivity index (χ1) is 13.0. The summed E-state index contributed by atoms with van der Waals surface area (Å²) < 4.78 is 0. The van der Waals surface area contributed by atoms with Crippen LogP contribution in [0.4, 0.5) is 0 Å². The molecule has 1 atom stereocenters. The number of hydrogen-bond acceptors (Lipinski definition) is 4. The molecule has 0 aliphatic carbocycles. The number of hydrogen-bond donors (Lipinski definition) is 1. The van der Waals surface area contributed by atoms with Gasteiger partial charge in [-0.25, -0.2) is 4.98 Å². The van der Waals surface area contributed by atoms with Crippen molar-refractivity contribution in [3.05, 3.63) is 77.9 Å². The first-order valence-electron chi connectivity index (χ1n) is 8.88. The Morgan fingerprint density at radius 3 is 2.74 bits per heavy atom. The SMILES string of the molecule is C=C/C=C(\C=C)CCNC(=O)C(C)SCc1csc(-c2ccc(C)cc2)n1. The Balaban J connectivity index is 1.79. The number of benzene rings is 1. The second-order valence-electron chi connectivity index (χ2n) is 6.19. The molecular formula is C22H26N2OS2. The summed E-state index contributed by atoms with van der Waals surface area (Å²) in [7, 11) is 0. The quantitative estimate of drug-likeness (QED) is 0.534. The number of carbonyl (C=O) groups is 1. The Morgan fingerprint density at radius 1 is 1.33 bits per heavy atom. The van der Waals surface area contributed by atoms with Gasteiger partial charge in [0.25, 0.3) is 0 Å².